The summed E-state index contributed by atoms with van der Waals surface area (Å²) in [6.45, 7) is 3.06. The molecule has 0 aromatic rings. The summed E-state index contributed by atoms with van der Waals surface area (Å²) in [6, 6.07) is -0.508. The van der Waals surface area contributed by atoms with Gasteiger partial charge < -0.3 is 15.5 Å². The van der Waals surface area contributed by atoms with Crippen LogP contribution in [0.4, 0.5) is 4.39 Å². The van der Waals surface area contributed by atoms with Gasteiger partial charge in [-0.25, -0.2) is 4.39 Å². The minimum absolute atomic E-state index is 0.117. The van der Waals surface area contributed by atoms with E-state index in [1.54, 1.807) is 0 Å². The number of rotatable bonds is 5. The summed E-state index contributed by atoms with van der Waals surface area (Å²) in [6.07, 6.45) is 0.120. The zero-order valence-electron chi connectivity index (χ0n) is 9.46. The van der Waals surface area contributed by atoms with Gasteiger partial charge in [-0.1, -0.05) is 0 Å². The van der Waals surface area contributed by atoms with Gasteiger partial charge in [0.1, 0.15) is 6.67 Å². The van der Waals surface area contributed by atoms with Crippen molar-refractivity contribution >= 4 is 11.8 Å². The molecule has 1 aliphatic rings. The fourth-order valence-corrected chi connectivity index (χ4v) is 1.73. The molecule has 0 aliphatic carbocycles. The van der Waals surface area contributed by atoms with E-state index in [1.165, 1.54) is 4.90 Å². The summed E-state index contributed by atoms with van der Waals surface area (Å²) >= 11 is 0. The second-order valence-corrected chi connectivity index (χ2v) is 3.68. The predicted octanol–water partition coefficient (Wildman–Crippen LogP) is -0.717. The first-order chi connectivity index (χ1) is 7.69. The lowest BCUT2D eigenvalue weighted by Gasteiger charge is -2.32. The molecule has 0 aromatic heterocycles. The van der Waals surface area contributed by atoms with Crippen LogP contribution in [0.3, 0.4) is 0 Å². The zero-order chi connectivity index (χ0) is 12.0. The van der Waals surface area contributed by atoms with Gasteiger partial charge >= 0.3 is 0 Å². The van der Waals surface area contributed by atoms with Gasteiger partial charge in [0.25, 0.3) is 0 Å². The fourth-order valence-electron chi connectivity index (χ4n) is 1.73. The SMILES string of the molecule is CCNC(=O)CC1NCCN(CCF)C1=O. The number of nitrogens with one attached hydrogen (secondary N) is 2. The number of alkyl halides is 1. The molecule has 0 spiro atoms. The molecule has 6 heteroatoms. The van der Waals surface area contributed by atoms with Gasteiger partial charge in [0.2, 0.25) is 11.8 Å². The Balaban J connectivity index is 2.46. The van der Waals surface area contributed by atoms with Crippen molar-refractivity contribution in [3.05, 3.63) is 0 Å². The maximum Gasteiger partial charge on any atom is 0.240 e. The fraction of sp³-hybridized carbons (Fsp3) is 0.800. The number of carbonyl (C=O) groups excluding carboxylic acids is 2. The molecule has 16 heavy (non-hydrogen) atoms. The Kier molecular flexibility index (Phi) is 5.18. The number of hydrogen-bond donors (Lipinski definition) is 2. The topological polar surface area (TPSA) is 61.4 Å². The number of nitrogens with zero attached hydrogens (tertiary/aromatic N) is 1. The van der Waals surface area contributed by atoms with Crippen LogP contribution in [0, 0.1) is 0 Å². The Morgan fingerprint density at radius 1 is 1.69 bits per heavy atom. The lowest BCUT2D eigenvalue weighted by molar-refractivity contribution is -0.138. The predicted molar refractivity (Wildman–Crippen MR) is 57.6 cm³/mol. The first kappa shape index (κ1) is 12.9. The molecule has 0 aromatic carbocycles. The maximum absolute atomic E-state index is 12.2. The van der Waals surface area contributed by atoms with E-state index in [0.29, 0.717) is 19.6 Å². The summed E-state index contributed by atoms with van der Waals surface area (Å²) in [4.78, 5) is 24.6. The molecule has 2 amide bonds. The van der Waals surface area contributed by atoms with Gasteiger partial charge in [-0.3, -0.25) is 9.59 Å². The van der Waals surface area contributed by atoms with Crippen molar-refractivity contribution in [2.45, 2.75) is 19.4 Å². The van der Waals surface area contributed by atoms with E-state index in [4.69, 9.17) is 0 Å². The molecule has 2 N–H and O–H groups in total. The van der Waals surface area contributed by atoms with Crippen molar-refractivity contribution < 1.29 is 14.0 Å². The highest BCUT2D eigenvalue weighted by Gasteiger charge is 2.29. The molecule has 1 rings (SSSR count). The summed E-state index contributed by atoms with van der Waals surface area (Å²) in [7, 11) is 0. The van der Waals surface area contributed by atoms with Gasteiger partial charge in [0.15, 0.2) is 0 Å². The van der Waals surface area contributed by atoms with E-state index in [9.17, 15) is 14.0 Å². The lowest BCUT2D eigenvalue weighted by Crippen LogP contribution is -2.56. The molecule has 5 nitrogen and oxygen atoms in total. The van der Waals surface area contributed by atoms with Crippen LogP contribution in [0.15, 0.2) is 0 Å². The van der Waals surface area contributed by atoms with Gasteiger partial charge in [-0.2, -0.15) is 0 Å². The minimum atomic E-state index is -0.542. The highest BCUT2D eigenvalue weighted by molar-refractivity contribution is 5.88. The number of carbonyl (C=O) groups is 2. The minimum Gasteiger partial charge on any atom is -0.356 e. The quantitative estimate of drug-likeness (QED) is 0.656. The van der Waals surface area contributed by atoms with Crippen LogP contribution in [0.25, 0.3) is 0 Å². The van der Waals surface area contributed by atoms with Crippen molar-refractivity contribution in [1.82, 2.24) is 15.5 Å². The van der Waals surface area contributed by atoms with E-state index in [-0.39, 0.29) is 24.8 Å². The average molecular weight is 231 g/mol. The second-order valence-electron chi connectivity index (χ2n) is 3.68. The molecule has 1 heterocycles. The van der Waals surface area contributed by atoms with Gasteiger partial charge in [-0.15, -0.1) is 0 Å². The smallest absolute Gasteiger partial charge is 0.240 e. The summed E-state index contributed by atoms with van der Waals surface area (Å²) < 4.78 is 12.2. The van der Waals surface area contributed by atoms with E-state index >= 15 is 0 Å². The standard InChI is InChI=1S/C10H18FN3O2/c1-2-12-9(15)7-8-10(16)14(5-3-11)6-4-13-8/h8,13H,2-7H2,1H3,(H,12,15). The summed E-state index contributed by atoms with van der Waals surface area (Å²) in [5.74, 6) is -0.342. The molecule has 1 saturated heterocycles. The summed E-state index contributed by atoms with van der Waals surface area (Å²) in [5.41, 5.74) is 0. The Bertz CT molecular complexity index is 258. The molecule has 1 unspecified atom stereocenters. The van der Waals surface area contributed by atoms with Crippen LogP contribution >= 0.6 is 0 Å². The Labute approximate surface area is 94.4 Å². The number of halogens is 1. The molecule has 0 bridgehead atoms. The average Bonchev–Trinajstić information content (AvgIpc) is 2.24. The monoisotopic (exact) mass is 231 g/mol. The largest absolute Gasteiger partial charge is 0.356 e. The highest BCUT2D eigenvalue weighted by Crippen LogP contribution is 2.05. The third-order valence-electron chi connectivity index (χ3n) is 2.50. The van der Waals surface area contributed by atoms with Crippen LogP contribution in [-0.2, 0) is 9.59 Å². The molecular weight excluding hydrogens is 213 g/mol. The number of piperazine rings is 1. The molecule has 1 aliphatic heterocycles. The normalized spacial score (nSPS) is 21.0. The van der Waals surface area contributed by atoms with Crippen LogP contribution in [0.5, 0.6) is 0 Å². The van der Waals surface area contributed by atoms with Crippen molar-refractivity contribution in [3.63, 3.8) is 0 Å². The zero-order valence-corrected chi connectivity index (χ0v) is 9.46. The Morgan fingerprint density at radius 3 is 3.06 bits per heavy atom. The lowest BCUT2D eigenvalue weighted by atomic mass is 10.1. The first-order valence-electron chi connectivity index (χ1n) is 5.53. The van der Waals surface area contributed by atoms with Crippen molar-refractivity contribution in [1.29, 1.82) is 0 Å². The molecule has 1 atom stereocenters. The summed E-state index contributed by atoms with van der Waals surface area (Å²) in [5, 5.41) is 5.61. The molecule has 1 fully saturated rings. The van der Waals surface area contributed by atoms with Crippen LogP contribution in [0.1, 0.15) is 13.3 Å². The highest BCUT2D eigenvalue weighted by atomic mass is 19.1. The van der Waals surface area contributed by atoms with Crippen molar-refractivity contribution in [2.75, 3.05) is 32.9 Å². The third-order valence-corrected chi connectivity index (χ3v) is 2.50. The molecule has 0 radical (unpaired) electrons. The van der Waals surface area contributed by atoms with Crippen LogP contribution < -0.4 is 10.6 Å². The molecule has 0 saturated carbocycles. The van der Waals surface area contributed by atoms with Crippen molar-refractivity contribution in [2.24, 2.45) is 0 Å². The number of hydrogen-bond acceptors (Lipinski definition) is 3. The Hall–Kier alpha value is -1.17. The van der Waals surface area contributed by atoms with Crippen LogP contribution in [0.2, 0.25) is 0 Å². The van der Waals surface area contributed by atoms with Crippen molar-refractivity contribution in [3.8, 4) is 0 Å². The van der Waals surface area contributed by atoms with E-state index in [2.05, 4.69) is 10.6 Å². The van der Waals surface area contributed by atoms with E-state index in [1.807, 2.05) is 6.92 Å². The van der Waals surface area contributed by atoms with Crippen LogP contribution in [-0.4, -0.2) is 55.6 Å². The Morgan fingerprint density at radius 2 is 2.44 bits per heavy atom. The van der Waals surface area contributed by atoms with E-state index < -0.39 is 12.7 Å². The molecular formula is C10H18FN3O2. The van der Waals surface area contributed by atoms with Gasteiger partial charge in [0, 0.05) is 26.2 Å². The van der Waals surface area contributed by atoms with Gasteiger partial charge in [-0.05, 0) is 6.92 Å². The third kappa shape index (κ3) is 3.44. The maximum atomic E-state index is 12.2. The first-order valence-corrected chi connectivity index (χ1v) is 5.53. The second kappa shape index (κ2) is 6.42. The van der Waals surface area contributed by atoms with E-state index in [0.717, 1.165) is 0 Å². The number of amides is 2. The molecule has 92 valence electrons. The van der Waals surface area contributed by atoms with Gasteiger partial charge in [0.05, 0.1) is 12.5 Å².